The number of amides is 3. The summed E-state index contributed by atoms with van der Waals surface area (Å²) in [5, 5.41) is 12.2. The zero-order valence-electron chi connectivity index (χ0n) is 21.2. The molecular weight excluding hydrogens is 486 g/mol. The summed E-state index contributed by atoms with van der Waals surface area (Å²) in [7, 11) is 1.76. The summed E-state index contributed by atoms with van der Waals surface area (Å²) in [6, 6.07) is 12.5. The maximum atomic E-state index is 14.5. The van der Waals surface area contributed by atoms with Crippen LogP contribution in [0.3, 0.4) is 0 Å². The average Bonchev–Trinajstić information content (AvgIpc) is 3.18. The van der Waals surface area contributed by atoms with Crippen LogP contribution in [0.4, 0.5) is 5.69 Å². The van der Waals surface area contributed by atoms with Crippen LogP contribution in [0.5, 0.6) is 0 Å². The summed E-state index contributed by atoms with van der Waals surface area (Å²) in [6.07, 6.45) is 8.01. The Kier molecular flexibility index (Phi) is 5.55. The van der Waals surface area contributed by atoms with Gasteiger partial charge in [0.25, 0.3) is 5.91 Å². The Hall–Kier alpha value is -3.10. The molecule has 0 bridgehead atoms. The lowest BCUT2D eigenvalue weighted by Gasteiger charge is -2.38. The zero-order chi connectivity index (χ0) is 26.1. The topological polar surface area (TPSA) is 81.2 Å². The number of likely N-dealkylation sites (N-methyl/N-ethyl adjacent to an activating group) is 1. The molecule has 6 rings (SSSR count). The maximum absolute atomic E-state index is 14.5. The number of hydrogen-bond donors (Lipinski definition) is 1. The minimum Gasteiger partial charge on any atom is -0.394 e. The molecular formula is C29H31N3O4S. The molecule has 1 spiro atoms. The Balaban J connectivity index is 1.50. The van der Waals surface area contributed by atoms with Crippen LogP contribution in [0.2, 0.25) is 0 Å². The smallest absolute Gasteiger partial charge is 0.251 e. The molecule has 192 valence electrons. The van der Waals surface area contributed by atoms with Gasteiger partial charge >= 0.3 is 0 Å². The standard InChI is InChI=1S/C29H31N3O4S/c1-18(17-33)32-24-27(36)31(21-11-10-19-8-4-5-9-20(19)16-21)15-7-13-29(24)23(26(32)35)22-25(34)30(3)14-6-12-28(22,2)37-29/h4-13,16,18,22-24,33H,14-15,17H2,1-3H3/t18-,22-,23+,24?,28+,29+/m1/s1. The molecule has 6 atom stereocenters. The number of aliphatic hydroxyl groups excluding tert-OH is 1. The van der Waals surface area contributed by atoms with Crippen LogP contribution in [0.15, 0.2) is 66.8 Å². The minimum atomic E-state index is -0.916. The predicted octanol–water partition coefficient (Wildman–Crippen LogP) is 2.84. The highest BCUT2D eigenvalue weighted by molar-refractivity contribution is 8.02. The largest absolute Gasteiger partial charge is 0.394 e. The number of hydrogen-bond acceptors (Lipinski definition) is 5. The third kappa shape index (κ3) is 3.35. The van der Waals surface area contributed by atoms with Gasteiger partial charge < -0.3 is 19.8 Å². The van der Waals surface area contributed by atoms with E-state index in [0.29, 0.717) is 13.1 Å². The monoisotopic (exact) mass is 517 g/mol. The molecule has 3 amide bonds. The molecule has 1 N–H and O–H groups in total. The van der Waals surface area contributed by atoms with E-state index in [9.17, 15) is 19.5 Å². The van der Waals surface area contributed by atoms with Gasteiger partial charge in [-0.1, -0.05) is 54.6 Å². The summed E-state index contributed by atoms with van der Waals surface area (Å²) in [5.41, 5.74) is 0.761. The molecule has 2 fully saturated rings. The summed E-state index contributed by atoms with van der Waals surface area (Å²) in [4.78, 5) is 47.3. The van der Waals surface area contributed by atoms with E-state index in [4.69, 9.17) is 0 Å². The number of aliphatic hydroxyl groups is 1. The van der Waals surface area contributed by atoms with E-state index in [1.54, 1.807) is 40.4 Å². The van der Waals surface area contributed by atoms with Crippen LogP contribution in [-0.2, 0) is 14.4 Å². The van der Waals surface area contributed by atoms with Gasteiger partial charge in [0.05, 0.1) is 29.2 Å². The Morgan fingerprint density at radius 3 is 2.46 bits per heavy atom. The number of fused-ring (bicyclic) bond motifs is 3. The first kappa shape index (κ1) is 24.2. The molecule has 7 nitrogen and oxygen atoms in total. The molecule has 37 heavy (non-hydrogen) atoms. The number of nitrogens with zero attached hydrogens (tertiary/aromatic N) is 3. The van der Waals surface area contributed by atoms with Gasteiger partial charge in [-0.25, -0.2) is 0 Å². The van der Waals surface area contributed by atoms with E-state index in [1.165, 1.54) is 0 Å². The van der Waals surface area contributed by atoms with Crippen LogP contribution in [-0.4, -0.2) is 80.9 Å². The van der Waals surface area contributed by atoms with Gasteiger partial charge in [0.2, 0.25) is 11.8 Å². The first-order valence-corrected chi connectivity index (χ1v) is 13.6. The molecule has 0 aromatic heterocycles. The van der Waals surface area contributed by atoms with Crippen LogP contribution < -0.4 is 4.90 Å². The molecule has 4 heterocycles. The molecule has 0 saturated carbocycles. The summed E-state index contributed by atoms with van der Waals surface area (Å²) in [5.74, 6) is -1.80. The van der Waals surface area contributed by atoms with Crippen LogP contribution in [0.1, 0.15) is 13.8 Å². The first-order valence-electron chi connectivity index (χ1n) is 12.8. The first-order chi connectivity index (χ1) is 17.7. The Morgan fingerprint density at radius 2 is 1.70 bits per heavy atom. The van der Waals surface area contributed by atoms with E-state index in [-0.39, 0.29) is 24.3 Å². The quantitative estimate of drug-likeness (QED) is 0.634. The molecule has 1 unspecified atom stereocenters. The minimum absolute atomic E-state index is 0.0797. The Morgan fingerprint density at radius 1 is 0.973 bits per heavy atom. The molecule has 0 aliphatic carbocycles. The number of likely N-dealkylation sites (tertiary alicyclic amines) is 1. The number of benzene rings is 2. The van der Waals surface area contributed by atoms with E-state index < -0.39 is 33.4 Å². The van der Waals surface area contributed by atoms with Gasteiger partial charge in [0.1, 0.15) is 6.04 Å². The molecule has 0 radical (unpaired) electrons. The molecule has 2 saturated heterocycles. The average molecular weight is 518 g/mol. The third-order valence-electron chi connectivity index (χ3n) is 8.48. The third-order valence-corrected chi connectivity index (χ3v) is 10.3. The van der Waals surface area contributed by atoms with Crippen molar-refractivity contribution >= 4 is 45.9 Å². The van der Waals surface area contributed by atoms with Crippen molar-refractivity contribution < 1.29 is 19.5 Å². The van der Waals surface area contributed by atoms with Crippen molar-refractivity contribution in [1.29, 1.82) is 0 Å². The van der Waals surface area contributed by atoms with Crippen molar-refractivity contribution in [2.75, 3.05) is 31.6 Å². The van der Waals surface area contributed by atoms with Crippen LogP contribution in [0.25, 0.3) is 10.8 Å². The van der Waals surface area contributed by atoms with Crippen LogP contribution >= 0.6 is 11.8 Å². The molecule has 2 aromatic rings. The second kappa shape index (κ2) is 8.46. The Labute approximate surface area is 220 Å². The predicted molar refractivity (Wildman–Crippen MR) is 145 cm³/mol. The van der Waals surface area contributed by atoms with E-state index in [0.717, 1.165) is 16.5 Å². The van der Waals surface area contributed by atoms with E-state index in [1.807, 2.05) is 73.7 Å². The van der Waals surface area contributed by atoms with Gasteiger partial charge in [-0.2, -0.15) is 0 Å². The lowest BCUT2D eigenvalue weighted by molar-refractivity contribution is -0.144. The number of thioether (sulfide) groups is 1. The SMILES string of the molecule is C[C@H](CO)N1C(=O)[C@@H]2[C@@H]3C(=O)N(C)CC=C[C@]3(C)S[C@@]23C=CCN(c2ccc4ccccc4c2)C(=O)C13. The van der Waals surface area contributed by atoms with Crippen molar-refractivity contribution in [3.05, 3.63) is 66.8 Å². The lowest BCUT2D eigenvalue weighted by atomic mass is 9.74. The zero-order valence-corrected chi connectivity index (χ0v) is 22.0. The van der Waals surface area contributed by atoms with E-state index >= 15 is 0 Å². The maximum Gasteiger partial charge on any atom is 0.251 e. The molecule has 4 aliphatic heterocycles. The van der Waals surface area contributed by atoms with Gasteiger partial charge in [-0.05, 0) is 36.8 Å². The van der Waals surface area contributed by atoms with Gasteiger partial charge in [0.15, 0.2) is 0 Å². The second-order valence-electron chi connectivity index (χ2n) is 10.8. The van der Waals surface area contributed by atoms with E-state index in [2.05, 4.69) is 0 Å². The van der Waals surface area contributed by atoms with Crippen molar-refractivity contribution in [1.82, 2.24) is 9.80 Å². The molecule has 4 aliphatic rings. The number of rotatable bonds is 3. The number of anilines is 1. The normalized spacial score (nSPS) is 33.9. The highest BCUT2D eigenvalue weighted by atomic mass is 32.2. The highest BCUT2D eigenvalue weighted by Crippen LogP contribution is 2.65. The molecule has 8 heteroatoms. The van der Waals surface area contributed by atoms with Crippen molar-refractivity contribution in [2.45, 2.75) is 35.4 Å². The van der Waals surface area contributed by atoms with Crippen molar-refractivity contribution in [2.24, 2.45) is 11.8 Å². The lowest BCUT2D eigenvalue weighted by Crippen LogP contribution is -2.56. The van der Waals surface area contributed by atoms with Crippen LogP contribution in [0, 0.1) is 11.8 Å². The number of carbonyl (C=O) groups is 3. The van der Waals surface area contributed by atoms with Gasteiger partial charge in [-0.3, -0.25) is 14.4 Å². The Bertz CT molecular complexity index is 1370. The fourth-order valence-electron chi connectivity index (χ4n) is 6.72. The second-order valence-corrected chi connectivity index (χ2v) is 12.6. The fourth-order valence-corrected chi connectivity index (χ4v) is 8.87. The molecule has 2 aromatic carbocycles. The summed E-state index contributed by atoms with van der Waals surface area (Å²) >= 11 is 1.56. The summed E-state index contributed by atoms with van der Waals surface area (Å²) < 4.78 is -1.54. The highest BCUT2D eigenvalue weighted by Gasteiger charge is 2.74. The van der Waals surface area contributed by atoms with Gasteiger partial charge in [0, 0.05) is 30.6 Å². The van der Waals surface area contributed by atoms with Crippen molar-refractivity contribution in [3.63, 3.8) is 0 Å². The number of carbonyl (C=O) groups excluding carboxylic acids is 3. The van der Waals surface area contributed by atoms with Gasteiger partial charge in [-0.15, -0.1) is 11.8 Å². The fraction of sp³-hybridized carbons (Fsp3) is 0.414. The van der Waals surface area contributed by atoms with Crippen molar-refractivity contribution in [3.8, 4) is 0 Å². The summed E-state index contributed by atoms with van der Waals surface area (Å²) in [6.45, 7) is 4.36.